The van der Waals surface area contributed by atoms with Crippen LogP contribution in [0, 0.1) is 13.8 Å². The summed E-state index contributed by atoms with van der Waals surface area (Å²) in [6.45, 7) is 4.30. The molecule has 9 heteroatoms. The monoisotopic (exact) mass is 422 g/mol. The first-order valence-electron chi connectivity index (χ1n) is 9.51. The van der Waals surface area contributed by atoms with Crippen LogP contribution in [0.3, 0.4) is 0 Å². The topological polar surface area (TPSA) is 102 Å². The van der Waals surface area contributed by atoms with Crippen molar-refractivity contribution in [1.29, 1.82) is 0 Å². The third-order valence-electron chi connectivity index (χ3n) is 4.66. The Hall–Kier alpha value is -3.30. The molecule has 2 heterocycles. The summed E-state index contributed by atoms with van der Waals surface area (Å²) < 4.78 is 30.1. The SMILES string of the molecule is Cc1nc(NCCNS(=O)(=O)c2cccc3ccccc23)cc(-n2ccnc2C)n1. The van der Waals surface area contributed by atoms with E-state index in [4.69, 9.17) is 0 Å². The molecule has 8 nitrogen and oxygen atoms in total. The minimum absolute atomic E-state index is 0.216. The van der Waals surface area contributed by atoms with Gasteiger partial charge in [-0.1, -0.05) is 36.4 Å². The lowest BCUT2D eigenvalue weighted by Crippen LogP contribution is -2.29. The average Bonchev–Trinajstić information content (AvgIpc) is 3.16. The van der Waals surface area contributed by atoms with E-state index in [9.17, 15) is 8.42 Å². The molecule has 154 valence electrons. The zero-order chi connectivity index (χ0) is 21.1. The van der Waals surface area contributed by atoms with Crippen molar-refractivity contribution in [1.82, 2.24) is 24.2 Å². The molecule has 0 saturated carbocycles. The lowest BCUT2D eigenvalue weighted by molar-refractivity contribution is 0.584. The van der Waals surface area contributed by atoms with E-state index in [2.05, 4.69) is 25.0 Å². The summed E-state index contributed by atoms with van der Waals surface area (Å²) in [4.78, 5) is 13.3. The molecule has 0 spiro atoms. The highest BCUT2D eigenvalue weighted by molar-refractivity contribution is 7.89. The fourth-order valence-electron chi connectivity index (χ4n) is 3.27. The number of sulfonamides is 1. The zero-order valence-corrected chi connectivity index (χ0v) is 17.5. The standard InChI is InChI=1S/C21H22N6O2S/c1-15-25-20(14-21(26-15)27-13-12-22-16(27)2)23-10-11-24-30(28,29)19-9-5-7-17-6-3-4-8-18(17)19/h3-9,12-14,24H,10-11H2,1-2H3,(H,23,25,26). The van der Waals surface area contributed by atoms with Crippen molar-refractivity contribution in [3.05, 3.63) is 72.6 Å². The van der Waals surface area contributed by atoms with Crippen LogP contribution in [0.1, 0.15) is 11.6 Å². The molecule has 0 radical (unpaired) electrons. The van der Waals surface area contributed by atoms with Gasteiger partial charge >= 0.3 is 0 Å². The molecule has 0 saturated heterocycles. The molecular weight excluding hydrogens is 400 g/mol. The Bertz CT molecular complexity index is 1290. The number of anilines is 1. The van der Waals surface area contributed by atoms with Crippen LogP contribution >= 0.6 is 0 Å². The maximum Gasteiger partial charge on any atom is 0.241 e. The normalized spacial score (nSPS) is 11.7. The second-order valence-electron chi connectivity index (χ2n) is 6.80. The van der Waals surface area contributed by atoms with Crippen molar-refractivity contribution >= 4 is 26.6 Å². The molecule has 0 unspecified atom stereocenters. The van der Waals surface area contributed by atoms with Crippen LogP contribution in [0.2, 0.25) is 0 Å². The molecule has 2 N–H and O–H groups in total. The summed E-state index contributed by atoms with van der Waals surface area (Å²) in [7, 11) is -3.63. The largest absolute Gasteiger partial charge is 0.369 e. The van der Waals surface area contributed by atoms with Gasteiger partial charge in [-0.2, -0.15) is 0 Å². The maximum absolute atomic E-state index is 12.8. The van der Waals surface area contributed by atoms with Gasteiger partial charge in [-0.3, -0.25) is 4.57 Å². The average molecular weight is 423 g/mol. The van der Waals surface area contributed by atoms with Gasteiger partial charge in [0.1, 0.15) is 23.3 Å². The number of imidazole rings is 1. The van der Waals surface area contributed by atoms with Gasteiger partial charge in [-0.05, 0) is 25.3 Å². The van der Waals surface area contributed by atoms with Crippen molar-refractivity contribution in [2.45, 2.75) is 18.7 Å². The Balaban J connectivity index is 1.44. The Labute approximate surface area is 175 Å². The Morgan fingerprint density at radius 3 is 2.60 bits per heavy atom. The number of hydrogen-bond donors (Lipinski definition) is 2. The number of benzene rings is 2. The summed E-state index contributed by atoms with van der Waals surface area (Å²) in [5.74, 6) is 2.76. The lowest BCUT2D eigenvalue weighted by atomic mass is 10.1. The third kappa shape index (κ3) is 4.17. The van der Waals surface area contributed by atoms with Crippen LogP contribution < -0.4 is 10.0 Å². The van der Waals surface area contributed by atoms with Crippen molar-refractivity contribution in [2.75, 3.05) is 18.4 Å². The highest BCUT2D eigenvalue weighted by Crippen LogP contribution is 2.22. The Morgan fingerprint density at radius 1 is 1.00 bits per heavy atom. The van der Waals surface area contributed by atoms with Gasteiger partial charge in [0.15, 0.2) is 0 Å². The molecule has 0 amide bonds. The molecular formula is C21H22N6O2S. The van der Waals surface area contributed by atoms with Gasteiger partial charge in [-0.15, -0.1) is 0 Å². The van der Waals surface area contributed by atoms with Gasteiger partial charge in [0.25, 0.3) is 0 Å². The highest BCUT2D eigenvalue weighted by Gasteiger charge is 2.16. The predicted octanol–water partition coefficient (Wildman–Crippen LogP) is 2.82. The van der Waals surface area contributed by atoms with E-state index in [0.717, 1.165) is 11.2 Å². The number of rotatable bonds is 7. The van der Waals surface area contributed by atoms with Crippen molar-refractivity contribution < 1.29 is 8.42 Å². The van der Waals surface area contributed by atoms with Crippen molar-refractivity contribution in [2.24, 2.45) is 0 Å². The van der Waals surface area contributed by atoms with E-state index in [1.54, 1.807) is 24.4 Å². The van der Waals surface area contributed by atoms with E-state index in [0.29, 0.717) is 29.4 Å². The Morgan fingerprint density at radius 2 is 1.80 bits per heavy atom. The summed E-state index contributed by atoms with van der Waals surface area (Å²) in [6.07, 6.45) is 3.54. The highest BCUT2D eigenvalue weighted by atomic mass is 32.2. The fraction of sp³-hybridized carbons (Fsp3) is 0.190. The molecule has 0 atom stereocenters. The van der Waals surface area contributed by atoms with Gasteiger partial charge < -0.3 is 5.32 Å². The van der Waals surface area contributed by atoms with Crippen LogP contribution in [0.5, 0.6) is 0 Å². The Kier molecular flexibility index (Phi) is 5.47. The molecule has 4 rings (SSSR count). The smallest absolute Gasteiger partial charge is 0.241 e. The molecule has 0 aliphatic heterocycles. The molecule has 0 bridgehead atoms. The lowest BCUT2D eigenvalue weighted by Gasteiger charge is -2.12. The minimum Gasteiger partial charge on any atom is -0.369 e. The molecule has 30 heavy (non-hydrogen) atoms. The van der Waals surface area contributed by atoms with Crippen LogP contribution in [-0.2, 0) is 10.0 Å². The summed E-state index contributed by atoms with van der Waals surface area (Å²) in [5, 5.41) is 4.74. The first kappa shape index (κ1) is 20.0. The van der Waals surface area contributed by atoms with Crippen molar-refractivity contribution in [3.63, 3.8) is 0 Å². The zero-order valence-electron chi connectivity index (χ0n) is 16.7. The minimum atomic E-state index is -3.63. The van der Waals surface area contributed by atoms with Gasteiger partial charge in [0.05, 0.1) is 4.90 Å². The first-order chi connectivity index (χ1) is 14.4. The molecule has 4 aromatic rings. The molecule has 0 aliphatic rings. The number of aryl methyl sites for hydroxylation is 2. The van der Waals surface area contributed by atoms with Gasteiger partial charge in [0, 0.05) is 36.9 Å². The van der Waals surface area contributed by atoms with E-state index >= 15 is 0 Å². The van der Waals surface area contributed by atoms with Gasteiger partial charge in [-0.25, -0.2) is 28.1 Å². The van der Waals surface area contributed by atoms with Crippen LogP contribution in [0.15, 0.2) is 65.8 Å². The first-order valence-corrected chi connectivity index (χ1v) is 11.0. The maximum atomic E-state index is 12.8. The van der Waals surface area contributed by atoms with Gasteiger partial charge in [0.2, 0.25) is 10.0 Å². The van der Waals surface area contributed by atoms with E-state index in [-0.39, 0.29) is 11.4 Å². The second-order valence-corrected chi connectivity index (χ2v) is 8.54. The summed E-state index contributed by atoms with van der Waals surface area (Å²) in [6, 6.07) is 14.5. The molecule has 2 aromatic carbocycles. The van der Waals surface area contributed by atoms with Crippen LogP contribution in [0.25, 0.3) is 16.6 Å². The predicted molar refractivity (Wildman–Crippen MR) is 116 cm³/mol. The number of hydrogen-bond acceptors (Lipinski definition) is 6. The molecule has 0 fully saturated rings. The number of fused-ring (bicyclic) bond motifs is 1. The van der Waals surface area contributed by atoms with Crippen LogP contribution in [-0.4, -0.2) is 41.0 Å². The van der Waals surface area contributed by atoms with Crippen LogP contribution in [0.4, 0.5) is 5.82 Å². The number of aromatic nitrogens is 4. The van der Waals surface area contributed by atoms with E-state index in [1.807, 2.05) is 54.9 Å². The second kappa shape index (κ2) is 8.21. The summed E-state index contributed by atoms with van der Waals surface area (Å²) >= 11 is 0. The molecule has 0 aliphatic carbocycles. The fourth-order valence-corrected chi connectivity index (χ4v) is 4.53. The molecule has 2 aromatic heterocycles. The quantitative estimate of drug-likeness (QED) is 0.444. The van der Waals surface area contributed by atoms with E-state index in [1.165, 1.54) is 0 Å². The number of nitrogens with one attached hydrogen (secondary N) is 2. The van der Waals surface area contributed by atoms with Crippen molar-refractivity contribution in [3.8, 4) is 5.82 Å². The summed E-state index contributed by atoms with van der Waals surface area (Å²) in [5.41, 5.74) is 0. The third-order valence-corrected chi connectivity index (χ3v) is 6.18. The van der Waals surface area contributed by atoms with E-state index < -0.39 is 10.0 Å². The number of nitrogens with zero attached hydrogens (tertiary/aromatic N) is 4.